The van der Waals surface area contributed by atoms with Crippen molar-refractivity contribution < 1.29 is 9.53 Å². The third kappa shape index (κ3) is 4.52. The molecule has 0 aliphatic heterocycles. The van der Waals surface area contributed by atoms with Gasteiger partial charge < -0.3 is 15.0 Å². The minimum Gasteiger partial charge on any atom is -0.383 e. The Kier molecular flexibility index (Phi) is 6.26. The van der Waals surface area contributed by atoms with Gasteiger partial charge in [0.2, 0.25) is 0 Å². The maximum absolute atomic E-state index is 12.3. The number of anilines is 2. The van der Waals surface area contributed by atoms with Gasteiger partial charge in [0.1, 0.15) is 17.3 Å². The lowest BCUT2D eigenvalue weighted by molar-refractivity contribution is 0.0931. The van der Waals surface area contributed by atoms with Crippen molar-refractivity contribution in [3.63, 3.8) is 0 Å². The minimum atomic E-state index is -0.223. The number of hydrogen-bond donors (Lipinski definition) is 1. The molecule has 1 aromatic heterocycles. The minimum absolute atomic E-state index is 0.223. The zero-order valence-electron chi connectivity index (χ0n) is 14.7. The Balaban J connectivity index is 2.30. The largest absolute Gasteiger partial charge is 0.383 e. The topological polar surface area (TPSA) is 67.4 Å². The molecule has 2 aromatic rings. The molecule has 24 heavy (non-hydrogen) atoms. The molecule has 0 bridgehead atoms. The van der Waals surface area contributed by atoms with Crippen LogP contribution in [0.4, 0.5) is 11.5 Å². The highest BCUT2D eigenvalue weighted by molar-refractivity contribution is 5.93. The van der Waals surface area contributed by atoms with E-state index >= 15 is 0 Å². The van der Waals surface area contributed by atoms with Crippen LogP contribution in [0.3, 0.4) is 0 Å². The van der Waals surface area contributed by atoms with Crippen LogP contribution in [0.5, 0.6) is 0 Å². The van der Waals surface area contributed by atoms with Gasteiger partial charge in [-0.15, -0.1) is 0 Å². The average Bonchev–Trinajstić information content (AvgIpc) is 2.55. The molecule has 0 unspecified atom stereocenters. The number of ether oxygens (including phenoxy) is 1. The molecule has 1 heterocycles. The van der Waals surface area contributed by atoms with E-state index in [0.29, 0.717) is 30.5 Å². The van der Waals surface area contributed by atoms with Crippen LogP contribution >= 0.6 is 0 Å². The molecule has 6 nitrogen and oxygen atoms in total. The molecule has 0 aliphatic carbocycles. The van der Waals surface area contributed by atoms with Gasteiger partial charge in [-0.2, -0.15) is 0 Å². The van der Waals surface area contributed by atoms with Gasteiger partial charge >= 0.3 is 0 Å². The Bertz CT molecular complexity index is 703. The molecular weight excluding hydrogens is 304 g/mol. The summed E-state index contributed by atoms with van der Waals surface area (Å²) in [6.45, 7) is 7.55. The van der Waals surface area contributed by atoms with Crippen molar-refractivity contribution in [2.24, 2.45) is 0 Å². The Morgan fingerprint density at radius 2 is 2.04 bits per heavy atom. The molecule has 0 saturated heterocycles. The fourth-order valence-corrected chi connectivity index (χ4v) is 2.44. The van der Waals surface area contributed by atoms with E-state index in [2.05, 4.69) is 46.2 Å². The second-order valence-corrected chi connectivity index (χ2v) is 5.49. The second-order valence-electron chi connectivity index (χ2n) is 5.49. The third-order valence-electron chi connectivity index (χ3n) is 3.55. The van der Waals surface area contributed by atoms with E-state index in [1.165, 1.54) is 5.56 Å². The first-order valence-corrected chi connectivity index (χ1v) is 8.02. The van der Waals surface area contributed by atoms with Gasteiger partial charge in [0.25, 0.3) is 5.91 Å². The first-order chi connectivity index (χ1) is 11.5. The van der Waals surface area contributed by atoms with E-state index in [1.807, 2.05) is 12.1 Å². The summed E-state index contributed by atoms with van der Waals surface area (Å²) in [6, 6.07) is 9.92. The number of aromatic nitrogens is 2. The number of hydrogen-bond acceptors (Lipinski definition) is 5. The van der Waals surface area contributed by atoms with Crippen molar-refractivity contribution in [2.75, 3.05) is 31.7 Å². The summed E-state index contributed by atoms with van der Waals surface area (Å²) in [7, 11) is 1.60. The fraction of sp³-hybridized carbons (Fsp3) is 0.389. The van der Waals surface area contributed by atoms with Gasteiger partial charge in [0.05, 0.1) is 6.61 Å². The number of benzene rings is 1. The van der Waals surface area contributed by atoms with Crippen molar-refractivity contribution >= 4 is 17.4 Å². The zero-order valence-corrected chi connectivity index (χ0v) is 14.7. The van der Waals surface area contributed by atoms with Crippen molar-refractivity contribution in [3.8, 4) is 0 Å². The highest BCUT2D eigenvalue weighted by Gasteiger charge is 2.15. The lowest BCUT2D eigenvalue weighted by Gasteiger charge is -2.23. The predicted molar refractivity (Wildman–Crippen MR) is 94.8 cm³/mol. The number of nitrogens with one attached hydrogen (secondary N) is 1. The Morgan fingerprint density at radius 1 is 1.25 bits per heavy atom. The quantitative estimate of drug-likeness (QED) is 0.791. The van der Waals surface area contributed by atoms with Crippen molar-refractivity contribution in [1.82, 2.24) is 15.3 Å². The van der Waals surface area contributed by atoms with Gasteiger partial charge in [0.15, 0.2) is 0 Å². The van der Waals surface area contributed by atoms with Crippen LogP contribution < -0.4 is 10.2 Å². The molecule has 1 amide bonds. The summed E-state index contributed by atoms with van der Waals surface area (Å²) in [6.07, 6.45) is 0. The molecule has 2 rings (SSSR count). The van der Waals surface area contributed by atoms with Crippen molar-refractivity contribution in [1.29, 1.82) is 0 Å². The summed E-state index contributed by atoms with van der Waals surface area (Å²) >= 11 is 0. The maximum Gasteiger partial charge on any atom is 0.270 e. The molecule has 0 fully saturated rings. The monoisotopic (exact) mass is 328 g/mol. The van der Waals surface area contributed by atoms with Gasteiger partial charge in [-0.3, -0.25) is 4.79 Å². The first kappa shape index (κ1) is 17.9. The average molecular weight is 328 g/mol. The van der Waals surface area contributed by atoms with Crippen LogP contribution in [-0.2, 0) is 4.74 Å². The Morgan fingerprint density at radius 3 is 2.71 bits per heavy atom. The number of aryl methyl sites for hydroxylation is 2. The normalized spacial score (nSPS) is 10.5. The van der Waals surface area contributed by atoms with Crippen LogP contribution in [-0.4, -0.2) is 42.7 Å². The molecule has 128 valence electrons. The molecule has 0 aliphatic rings. The number of rotatable bonds is 7. The van der Waals surface area contributed by atoms with Gasteiger partial charge in [-0.05, 0) is 38.5 Å². The Labute approximate surface area is 142 Å². The van der Waals surface area contributed by atoms with Crippen LogP contribution in [0.15, 0.2) is 30.3 Å². The third-order valence-corrected chi connectivity index (χ3v) is 3.55. The molecule has 1 N–H and O–H groups in total. The second kappa shape index (κ2) is 8.40. The lowest BCUT2D eigenvalue weighted by Crippen LogP contribution is -2.28. The number of nitrogens with zero attached hydrogens (tertiary/aromatic N) is 3. The van der Waals surface area contributed by atoms with Crippen molar-refractivity contribution in [2.45, 2.75) is 20.8 Å². The Hall–Kier alpha value is -2.47. The molecule has 0 spiro atoms. The highest BCUT2D eigenvalue weighted by atomic mass is 16.5. The SMILES string of the molecule is CCN(c1cccc(C)c1)c1cc(C(=O)NCCOC)nc(C)n1. The number of carbonyl (C=O) groups is 1. The van der Waals surface area contributed by atoms with Crippen LogP contribution in [0.1, 0.15) is 28.8 Å². The fourth-order valence-electron chi connectivity index (χ4n) is 2.44. The van der Waals surface area contributed by atoms with E-state index in [0.717, 1.165) is 12.2 Å². The summed E-state index contributed by atoms with van der Waals surface area (Å²) in [5.41, 5.74) is 2.58. The number of amides is 1. The van der Waals surface area contributed by atoms with E-state index < -0.39 is 0 Å². The summed E-state index contributed by atoms with van der Waals surface area (Å²) in [5, 5.41) is 2.79. The summed E-state index contributed by atoms with van der Waals surface area (Å²) in [4.78, 5) is 23.1. The van der Waals surface area contributed by atoms with Gasteiger partial charge in [-0.1, -0.05) is 12.1 Å². The van der Waals surface area contributed by atoms with E-state index in [4.69, 9.17) is 4.74 Å². The smallest absolute Gasteiger partial charge is 0.270 e. The summed E-state index contributed by atoms with van der Waals surface area (Å²) < 4.78 is 4.94. The van der Waals surface area contributed by atoms with E-state index in [-0.39, 0.29) is 5.91 Å². The molecular formula is C18H24N4O2. The molecule has 1 aromatic carbocycles. The molecule has 0 atom stereocenters. The number of carbonyl (C=O) groups excluding carboxylic acids is 1. The van der Waals surface area contributed by atoms with E-state index in [9.17, 15) is 4.79 Å². The van der Waals surface area contributed by atoms with Crippen molar-refractivity contribution in [3.05, 3.63) is 47.4 Å². The molecule has 0 radical (unpaired) electrons. The zero-order chi connectivity index (χ0) is 17.5. The standard InChI is InChI=1S/C18H24N4O2/c1-5-22(15-8-6-7-13(2)11-15)17-12-16(20-14(3)21-17)18(23)19-9-10-24-4/h6-8,11-12H,5,9-10H2,1-4H3,(H,19,23). The molecule has 6 heteroatoms. The van der Waals surface area contributed by atoms with Gasteiger partial charge in [-0.25, -0.2) is 9.97 Å². The lowest BCUT2D eigenvalue weighted by atomic mass is 10.2. The number of methoxy groups -OCH3 is 1. The van der Waals surface area contributed by atoms with Crippen LogP contribution in [0, 0.1) is 13.8 Å². The summed E-state index contributed by atoms with van der Waals surface area (Å²) in [5.74, 6) is 1.06. The first-order valence-electron chi connectivity index (χ1n) is 8.02. The highest BCUT2D eigenvalue weighted by Crippen LogP contribution is 2.24. The van der Waals surface area contributed by atoms with Crippen LogP contribution in [0.25, 0.3) is 0 Å². The van der Waals surface area contributed by atoms with Crippen LogP contribution in [0.2, 0.25) is 0 Å². The predicted octanol–water partition coefficient (Wildman–Crippen LogP) is 2.63. The van der Waals surface area contributed by atoms with E-state index in [1.54, 1.807) is 20.1 Å². The molecule has 0 saturated carbocycles. The maximum atomic E-state index is 12.3. The van der Waals surface area contributed by atoms with Gasteiger partial charge in [0, 0.05) is 32.0 Å².